The van der Waals surface area contributed by atoms with Crippen LogP contribution < -0.4 is 11.1 Å². The van der Waals surface area contributed by atoms with E-state index in [0.717, 1.165) is 19.4 Å². The molecule has 1 fully saturated rings. The van der Waals surface area contributed by atoms with Crippen molar-refractivity contribution in [1.29, 1.82) is 0 Å². The van der Waals surface area contributed by atoms with E-state index in [-0.39, 0.29) is 5.54 Å². The van der Waals surface area contributed by atoms with Gasteiger partial charge in [-0.1, -0.05) is 12.1 Å². The van der Waals surface area contributed by atoms with Crippen LogP contribution >= 0.6 is 0 Å². The first-order valence-corrected chi connectivity index (χ1v) is 7.84. The summed E-state index contributed by atoms with van der Waals surface area (Å²) in [6, 6.07) is 9.23. The number of nitrogens with one attached hydrogen (secondary N) is 1. The second-order valence-electron chi connectivity index (χ2n) is 6.46. The summed E-state index contributed by atoms with van der Waals surface area (Å²) in [4.78, 5) is 2.56. The van der Waals surface area contributed by atoms with Gasteiger partial charge >= 0.3 is 0 Å². The fourth-order valence-electron chi connectivity index (χ4n) is 3.14. The number of anilines is 1. The second kappa shape index (κ2) is 6.59. The molecule has 0 saturated carbocycles. The minimum Gasteiger partial charge on any atom is -0.378 e. The Morgan fingerprint density at radius 2 is 2.10 bits per heavy atom. The van der Waals surface area contributed by atoms with Gasteiger partial charge in [0.15, 0.2) is 0 Å². The molecule has 2 rings (SSSR count). The zero-order valence-electron chi connectivity index (χ0n) is 13.2. The third-order valence-electron chi connectivity index (χ3n) is 4.53. The molecule has 0 spiro atoms. The van der Waals surface area contributed by atoms with Gasteiger partial charge in [-0.3, -0.25) is 0 Å². The van der Waals surface area contributed by atoms with Crippen LogP contribution in [0.2, 0.25) is 0 Å². The highest BCUT2D eigenvalue weighted by Crippen LogP contribution is 2.27. The molecule has 1 unspecified atom stereocenters. The maximum absolute atomic E-state index is 6.13. The van der Waals surface area contributed by atoms with E-state index in [1.54, 1.807) is 0 Å². The number of likely N-dealkylation sites (tertiary alicyclic amines) is 1. The summed E-state index contributed by atoms with van der Waals surface area (Å²) in [6.45, 7) is 9.72. The number of rotatable bonds is 4. The van der Waals surface area contributed by atoms with Crippen LogP contribution in [-0.4, -0.2) is 36.1 Å². The van der Waals surface area contributed by atoms with E-state index in [9.17, 15) is 0 Å². The van der Waals surface area contributed by atoms with E-state index in [1.807, 2.05) is 0 Å². The van der Waals surface area contributed by atoms with Crippen molar-refractivity contribution in [2.24, 2.45) is 5.73 Å². The summed E-state index contributed by atoms with van der Waals surface area (Å²) in [5.74, 6) is 0. The molecule has 1 aliphatic rings. The van der Waals surface area contributed by atoms with Gasteiger partial charge in [-0.15, -0.1) is 0 Å². The Bertz CT molecular complexity index is 430. The van der Waals surface area contributed by atoms with E-state index in [4.69, 9.17) is 5.73 Å². The van der Waals surface area contributed by atoms with Crippen LogP contribution in [0.4, 0.5) is 5.69 Å². The first-order chi connectivity index (χ1) is 9.54. The van der Waals surface area contributed by atoms with Gasteiger partial charge in [-0.05, 0) is 64.3 Å². The first-order valence-electron chi connectivity index (χ1n) is 7.84. The molecule has 1 aliphatic heterocycles. The summed E-state index contributed by atoms with van der Waals surface area (Å²) in [5.41, 5.74) is 8.68. The van der Waals surface area contributed by atoms with Crippen molar-refractivity contribution in [2.45, 2.75) is 51.6 Å². The van der Waals surface area contributed by atoms with Gasteiger partial charge < -0.3 is 16.0 Å². The topological polar surface area (TPSA) is 41.3 Å². The standard InChI is InChI=1S/C17H29N3/c1-14(2)20-10-5-8-17(13-18,9-11-20)19-16-7-4-6-15(3)12-16/h4,6-7,12,14,19H,5,8-11,13,18H2,1-3H3. The average molecular weight is 275 g/mol. The highest BCUT2D eigenvalue weighted by Gasteiger charge is 2.31. The van der Waals surface area contributed by atoms with Gasteiger partial charge in [-0.2, -0.15) is 0 Å². The van der Waals surface area contributed by atoms with Gasteiger partial charge in [0.1, 0.15) is 0 Å². The third kappa shape index (κ3) is 3.74. The van der Waals surface area contributed by atoms with Crippen molar-refractivity contribution in [3.8, 4) is 0 Å². The summed E-state index contributed by atoms with van der Waals surface area (Å²) >= 11 is 0. The number of hydrogen-bond acceptors (Lipinski definition) is 3. The van der Waals surface area contributed by atoms with Crippen LogP contribution in [-0.2, 0) is 0 Å². The lowest BCUT2D eigenvalue weighted by Crippen LogP contribution is -2.46. The van der Waals surface area contributed by atoms with E-state index < -0.39 is 0 Å². The lowest BCUT2D eigenvalue weighted by molar-refractivity contribution is 0.227. The molecule has 3 heteroatoms. The number of hydrogen-bond donors (Lipinski definition) is 2. The lowest BCUT2D eigenvalue weighted by Gasteiger charge is -2.34. The number of aryl methyl sites for hydroxylation is 1. The largest absolute Gasteiger partial charge is 0.378 e. The molecular formula is C17H29N3. The Balaban J connectivity index is 2.09. The summed E-state index contributed by atoms with van der Waals surface area (Å²) < 4.78 is 0. The molecule has 0 radical (unpaired) electrons. The minimum absolute atomic E-state index is 0.0530. The van der Waals surface area contributed by atoms with Gasteiger partial charge in [0.25, 0.3) is 0 Å². The predicted molar refractivity (Wildman–Crippen MR) is 87.1 cm³/mol. The molecule has 1 heterocycles. The third-order valence-corrected chi connectivity index (χ3v) is 4.53. The van der Waals surface area contributed by atoms with Gasteiger partial charge in [0.2, 0.25) is 0 Å². The molecular weight excluding hydrogens is 246 g/mol. The van der Waals surface area contributed by atoms with Gasteiger partial charge in [0.05, 0.1) is 5.54 Å². The Morgan fingerprint density at radius 3 is 2.75 bits per heavy atom. The maximum atomic E-state index is 6.13. The Kier molecular flexibility index (Phi) is 5.06. The zero-order valence-corrected chi connectivity index (χ0v) is 13.2. The van der Waals surface area contributed by atoms with E-state index >= 15 is 0 Å². The zero-order chi connectivity index (χ0) is 14.6. The van der Waals surface area contributed by atoms with Crippen LogP contribution in [0.15, 0.2) is 24.3 Å². The van der Waals surface area contributed by atoms with Crippen LogP contribution in [0.5, 0.6) is 0 Å². The number of nitrogens with two attached hydrogens (primary N) is 1. The highest BCUT2D eigenvalue weighted by molar-refractivity contribution is 5.48. The fourth-order valence-corrected chi connectivity index (χ4v) is 3.14. The molecule has 112 valence electrons. The number of benzene rings is 1. The van der Waals surface area contributed by atoms with Crippen molar-refractivity contribution >= 4 is 5.69 Å². The van der Waals surface area contributed by atoms with Gasteiger partial charge in [-0.25, -0.2) is 0 Å². The molecule has 1 aromatic rings. The molecule has 1 saturated heterocycles. The van der Waals surface area contributed by atoms with Crippen molar-refractivity contribution in [2.75, 3.05) is 25.0 Å². The van der Waals surface area contributed by atoms with Crippen molar-refractivity contribution in [3.05, 3.63) is 29.8 Å². The molecule has 0 aromatic heterocycles. The van der Waals surface area contributed by atoms with Crippen LogP contribution in [0.25, 0.3) is 0 Å². The van der Waals surface area contributed by atoms with E-state index in [1.165, 1.54) is 24.2 Å². The highest BCUT2D eigenvalue weighted by atomic mass is 15.2. The van der Waals surface area contributed by atoms with Gasteiger partial charge in [0, 0.05) is 24.8 Å². The molecule has 1 atom stereocenters. The summed E-state index contributed by atoms with van der Waals surface area (Å²) in [7, 11) is 0. The van der Waals surface area contributed by atoms with Crippen LogP contribution in [0.3, 0.4) is 0 Å². The maximum Gasteiger partial charge on any atom is 0.0508 e. The van der Waals surface area contributed by atoms with E-state index in [0.29, 0.717) is 12.6 Å². The Hall–Kier alpha value is -1.06. The second-order valence-corrected chi connectivity index (χ2v) is 6.46. The van der Waals surface area contributed by atoms with Crippen LogP contribution in [0.1, 0.15) is 38.7 Å². The SMILES string of the molecule is Cc1cccc(NC2(CN)CCCN(C(C)C)CC2)c1. The molecule has 0 aliphatic carbocycles. The Morgan fingerprint density at radius 1 is 1.30 bits per heavy atom. The quantitative estimate of drug-likeness (QED) is 0.887. The predicted octanol–water partition coefficient (Wildman–Crippen LogP) is 3.00. The number of nitrogens with zero attached hydrogens (tertiary/aromatic N) is 1. The minimum atomic E-state index is 0.0530. The molecule has 0 amide bonds. The molecule has 1 aromatic carbocycles. The average Bonchev–Trinajstić information content (AvgIpc) is 2.62. The fraction of sp³-hybridized carbons (Fsp3) is 0.647. The molecule has 3 nitrogen and oxygen atoms in total. The normalized spacial score (nSPS) is 24.6. The van der Waals surface area contributed by atoms with Crippen molar-refractivity contribution in [1.82, 2.24) is 4.90 Å². The molecule has 0 bridgehead atoms. The van der Waals surface area contributed by atoms with E-state index in [2.05, 4.69) is 55.3 Å². The summed E-state index contributed by atoms with van der Waals surface area (Å²) in [5, 5.41) is 3.73. The summed E-state index contributed by atoms with van der Waals surface area (Å²) in [6.07, 6.45) is 3.49. The van der Waals surface area contributed by atoms with Crippen LogP contribution in [0, 0.1) is 6.92 Å². The Labute approximate surface area is 123 Å². The molecule has 3 N–H and O–H groups in total. The molecule has 20 heavy (non-hydrogen) atoms. The monoisotopic (exact) mass is 275 g/mol. The van der Waals surface area contributed by atoms with Crippen molar-refractivity contribution < 1.29 is 0 Å². The van der Waals surface area contributed by atoms with Crippen molar-refractivity contribution in [3.63, 3.8) is 0 Å². The lowest BCUT2D eigenvalue weighted by atomic mass is 9.90. The smallest absolute Gasteiger partial charge is 0.0508 e. The first kappa shape index (κ1) is 15.3.